The molecule has 50 heavy (non-hydrogen) atoms. The molecule has 0 unspecified atom stereocenters. The Bertz CT molecular complexity index is 1710. The lowest BCUT2D eigenvalue weighted by molar-refractivity contribution is -0.137. The topological polar surface area (TPSA) is 156 Å². The van der Waals surface area contributed by atoms with Crippen molar-refractivity contribution in [3.05, 3.63) is 118 Å². The van der Waals surface area contributed by atoms with Gasteiger partial charge < -0.3 is 40.2 Å². The van der Waals surface area contributed by atoms with Crippen molar-refractivity contribution in [2.75, 3.05) is 13.3 Å². The van der Waals surface area contributed by atoms with Crippen LogP contribution in [-0.2, 0) is 34.0 Å². The number of unbranched alkanes of at least 4 members (excludes halogenated alkanes) is 1. The number of carboxylic acid groups (broad SMARTS) is 1. The van der Waals surface area contributed by atoms with E-state index in [1.165, 1.54) is 11.3 Å². The third kappa shape index (κ3) is 11.0. The molecule has 2 heterocycles. The maximum atomic E-state index is 14.2. The second kappa shape index (κ2) is 18.3. The maximum absolute atomic E-state index is 14.2. The molecule has 5 rings (SSSR count). The molecule has 4 aromatic rings. The Morgan fingerprint density at radius 1 is 0.840 bits per heavy atom. The van der Waals surface area contributed by atoms with Crippen molar-refractivity contribution in [2.24, 2.45) is 0 Å². The normalized spacial score (nSPS) is 12.7. The Balaban J connectivity index is 1.25. The minimum absolute atomic E-state index is 0.0510. The summed E-state index contributed by atoms with van der Waals surface area (Å²) in [5.74, 6) is -0.414. The van der Waals surface area contributed by atoms with Crippen molar-refractivity contribution < 1.29 is 38.5 Å². The van der Waals surface area contributed by atoms with Crippen LogP contribution in [-0.4, -0.2) is 53.4 Å². The molecule has 0 aliphatic carbocycles. The molecule has 3 aromatic carbocycles. The molecule has 0 fully saturated rings. The highest BCUT2D eigenvalue weighted by atomic mass is 32.1. The Kier molecular flexibility index (Phi) is 13.1. The number of benzene rings is 3. The van der Waals surface area contributed by atoms with Crippen LogP contribution in [0.5, 0.6) is 11.5 Å². The molecule has 4 N–H and O–H groups in total. The van der Waals surface area contributed by atoms with Crippen molar-refractivity contribution in [1.29, 1.82) is 0 Å². The van der Waals surface area contributed by atoms with Crippen LogP contribution in [0.4, 0.5) is 9.59 Å². The number of alkyl carbamates (subject to hydrolysis) is 1. The fourth-order valence-corrected chi connectivity index (χ4v) is 6.16. The first-order chi connectivity index (χ1) is 24.3. The number of amides is 4. The number of urea groups is 1. The highest BCUT2D eigenvalue weighted by Gasteiger charge is 2.28. The summed E-state index contributed by atoms with van der Waals surface area (Å²) in [6.07, 6.45) is 0.355. The van der Waals surface area contributed by atoms with E-state index in [9.17, 15) is 24.3 Å². The summed E-state index contributed by atoms with van der Waals surface area (Å²) in [5.41, 5.74) is 2.33. The van der Waals surface area contributed by atoms with E-state index in [0.29, 0.717) is 49.5 Å². The molecule has 13 heteroatoms. The number of hydrogen-bond donors (Lipinski definition) is 4. The lowest BCUT2D eigenvalue weighted by Crippen LogP contribution is -2.51. The highest BCUT2D eigenvalue weighted by molar-refractivity contribution is 7.09. The number of hydrogen-bond acceptors (Lipinski definition) is 8. The number of ether oxygens (including phenoxy) is 3. The Labute approximate surface area is 294 Å². The van der Waals surface area contributed by atoms with E-state index in [1.807, 2.05) is 78.2 Å². The minimum Gasteiger partial charge on any atom is -0.481 e. The molecule has 4 amide bonds. The predicted octanol–water partition coefficient (Wildman–Crippen LogP) is 5.99. The summed E-state index contributed by atoms with van der Waals surface area (Å²) in [6.45, 7) is 1.19. The fourth-order valence-electron chi connectivity index (χ4n) is 5.44. The summed E-state index contributed by atoms with van der Waals surface area (Å²) < 4.78 is 16.1. The number of aliphatic carboxylic acids is 1. The zero-order valence-electron chi connectivity index (χ0n) is 27.4. The molecule has 0 bridgehead atoms. The number of rotatable bonds is 17. The Morgan fingerprint density at radius 3 is 2.30 bits per heavy atom. The summed E-state index contributed by atoms with van der Waals surface area (Å²) in [4.78, 5) is 54.4. The van der Waals surface area contributed by atoms with Crippen LogP contribution < -0.4 is 25.4 Å². The van der Waals surface area contributed by atoms with Gasteiger partial charge in [-0.25, -0.2) is 9.59 Å². The van der Waals surface area contributed by atoms with Gasteiger partial charge in [0.05, 0.1) is 19.0 Å². The van der Waals surface area contributed by atoms with E-state index in [0.717, 1.165) is 16.0 Å². The SMILES string of the molecule is O=C(O)C[C@H](NC(=O)N[C@@H](CCCCNC(=O)OCc1ccccc1)C(=O)N(Cc1ccccc1)Cc1cccs1)c1ccc2c(c1)OCO2. The number of carbonyl (C=O) groups is 4. The molecule has 262 valence electrons. The smallest absolute Gasteiger partial charge is 0.407 e. The molecule has 0 saturated carbocycles. The molecule has 12 nitrogen and oxygen atoms in total. The van der Waals surface area contributed by atoms with Crippen LogP contribution in [0.3, 0.4) is 0 Å². The number of nitrogens with one attached hydrogen (secondary N) is 3. The van der Waals surface area contributed by atoms with Gasteiger partial charge in [0.1, 0.15) is 12.6 Å². The van der Waals surface area contributed by atoms with Crippen molar-refractivity contribution in [1.82, 2.24) is 20.9 Å². The maximum Gasteiger partial charge on any atom is 0.407 e. The van der Waals surface area contributed by atoms with Crippen LogP contribution >= 0.6 is 11.3 Å². The second-order valence-electron chi connectivity index (χ2n) is 11.7. The molecule has 0 saturated heterocycles. The van der Waals surface area contributed by atoms with Crippen LogP contribution in [0.1, 0.15) is 53.3 Å². The average molecular weight is 701 g/mol. The first-order valence-corrected chi connectivity index (χ1v) is 17.2. The van der Waals surface area contributed by atoms with E-state index < -0.39 is 36.6 Å². The lowest BCUT2D eigenvalue weighted by atomic mass is 10.0. The Morgan fingerprint density at radius 2 is 1.58 bits per heavy atom. The third-order valence-corrected chi connectivity index (χ3v) is 8.80. The minimum atomic E-state index is -1.11. The van der Waals surface area contributed by atoms with Gasteiger partial charge in [0.15, 0.2) is 11.5 Å². The number of carbonyl (C=O) groups excluding carboxylic acids is 3. The fraction of sp³-hybridized carbons (Fsp3) is 0.297. The average Bonchev–Trinajstić information content (AvgIpc) is 3.82. The predicted molar refractivity (Wildman–Crippen MR) is 187 cm³/mol. The van der Waals surface area contributed by atoms with E-state index >= 15 is 0 Å². The van der Waals surface area contributed by atoms with Crippen molar-refractivity contribution in [3.8, 4) is 11.5 Å². The van der Waals surface area contributed by atoms with Gasteiger partial charge in [-0.2, -0.15) is 0 Å². The monoisotopic (exact) mass is 700 g/mol. The van der Waals surface area contributed by atoms with Crippen LogP contribution in [0.15, 0.2) is 96.4 Å². The van der Waals surface area contributed by atoms with Crippen LogP contribution in [0, 0.1) is 0 Å². The van der Waals surface area contributed by atoms with Gasteiger partial charge in [-0.1, -0.05) is 72.8 Å². The number of thiophene rings is 1. The Hall–Kier alpha value is -5.56. The molecular formula is C37H40N4O8S. The molecule has 1 aliphatic heterocycles. The standard InChI is InChI=1S/C37H40N4O8S/c42-34(43)21-31(28-16-17-32-33(20-28)49-25-48-32)40-36(45)39-30(15-7-8-18-38-37(46)47-24-27-12-5-2-6-13-27)35(44)41(23-29-14-9-19-50-29)22-26-10-3-1-4-11-26/h1-6,9-14,16-17,19-20,30-31H,7-8,15,18,21-25H2,(H,38,46)(H,42,43)(H2,39,40,45)/t30-,31-/m0/s1. The van der Waals surface area contributed by atoms with Gasteiger partial charge in [-0.05, 0) is 59.5 Å². The van der Waals surface area contributed by atoms with Gasteiger partial charge in [-0.3, -0.25) is 9.59 Å². The van der Waals surface area contributed by atoms with Crippen LogP contribution in [0.25, 0.3) is 0 Å². The van der Waals surface area contributed by atoms with Gasteiger partial charge in [-0.15, -0.1) is 11.3 Å². The van der Waals surface area contributed by atoms with E-state index in [2.05, 4.69) is 16.0 Å². The van der Waals surface area contributed by atoms with Gasteiger partial charge >= 0.3 is 18.1 Å². The van der Waals surface area contributed by atoms with Gasteiger partial charge in [0.2, 0.25) is 12.7 Å². The number of nitrogens with zero attached hydrogens (tertiary/aromatic N) is 1. The molecule has 0 radical (unpaired) electrons. The first kappa shape index (κ1) is 35.7. The van der Waals surface area contributed by atoms with Crippen LogP contribution in [0.2, 0.25) is 0 Å². The van der Waals surface area contributed by atoms with E-state index in [1.54, 1.807) is 23.1 Å². The molecule has 2 atom stereocenters. The summed E-state index contributed by atoms with van der Waals surface area (Å²) in [7, 11) is 0. The zero-order valence-corrected chi connectivity index (χ0v) is 28.2. The second-order valence-corrected chi connectivity index (χ2v) is 12.7. The number of carboxylic acids is 1. The molecule has 1 aliphatic rings. The van der Waals surface area contributed by atoms with Gasteiger partial charge in [0, 0.05) is 18.0 Å². The third-order valence-electron chi connectivity index (χ3n) is 7.94. The summed E-state index contributed by atoms with van der Waals surface area (Å²) in [5, 5.41) is 19.9. The molecular weight excluding hydrogens is 660 g/mol. The number of fused-ring (bicyclic) bond motifs is 1. The zero-order chi connectivity index (χ0) is 35.1. The highest BCUT2D eigenvalue weighted by Crippen LogP contribution is 2.35. The van der Waals surface area contributed by atoms with Crippen molar-refractivity contribution in [3.63, 3.8) is 0 Å². The van der Waals surface area contributed by atoms with E-state index in [-0.39, 0.29) is 25.7 Å². The first-order valence-electron chi connectivity index (χ1n) is 16.3. The summed E-state index contributed by atoms with van der Waals surface area (Å²) >= 11 is 1.53. The van der Waals surface area contributed by atoms with Crippen molar-refractivity contribution >= 4 is 35.3 Å². The summed E-state index contributed by atoms with van der Waals surface area (Å²) in [6, 6.07) is 25.3. The van der Waals surface area contributed by atoms with Crippen molar-refractivity contribution in [2.45, 2.75) is 57.5 Å². The molecule has 1 aromatic heterocycles. The van der Waals surface area contributed by atoms with E-state index in [4.69, 9.17) is 14.2 Å². The quantitative estimate of drug-likeness (QED) is 0.0981. The van der Waals surface area contributed by atoms with Gasteiger partial charge in [0.25, 0.3) is 0 Å². The largest absolute Gasteiger partial charge is 0.481 e. The molecule has 0 spiro atoms. The lowest BCUT2D eigenvalue weighted by Gasteiger charge is -2.29.